The highest BCUT2D eigenvalue weighted by atomic mass is 16.5. The van der Waals surface area contributed by atoms with E-state index in [-0.39, 0.29) is 23.4 Å². The van der Waals surface area contributed by atoms with Gasteiger partial charge in [-0.15, -0.1) is 0 Å². The number of rotatable bonds is 8. The van der Waals surface area contributed by atoms with E-state index < -0.39 is 12.0 Å². The van der Waals surface area contributed by atoms with Crippen molar-refractivity contribution >= 4 is 40.4 Å². The van der Waals surface area contributed by atoms with Crippen molar-refractivity contribution in [2.24, 2.45) is 0 Å². The first kappa shape index (κ1) is 30.1. The number of aromatic nitrogens is 2. The van der Waals surface area contributed by atoms with Crippen LogP contribution in [0, 0.1) is 0 Å². The Kier molecular flexibility index (Phi) is 8.96. The maximum atomic E-state index is 13.9. The predicted octanol–water partition coefficient (Wildman–Crippen LogP) is 6.12. The van der Waals surface area contributed by atoms with Crippen LogP contribution in [-0.4, -0.2) is 51.2 Å². The van der Waals surface area contributed by atoms with Crippen LogP contribution in [0.3, 0.4) is 0 Å². The number of hydrogen-bond donors (Lipinski definition) is 1. The van der Waals surface area contributed by atoms with Gasteiger partial charge in [0.2, 0.25) is 5.91 Å². The van der Waals surface area contributed by atoms with E-state index in [0.717, 1.165) is 42.5 Å². The third-order valence-electron chi connectivity index (χ3n) is 8.74. The quantitative estimate of drug-likeness (QED) is 0.192. The van der Waals surface area contributed by atoms with Crippen LogP contribution in [0.5, 0.6) is 0 Å². The second kappa shape index (κ2) is 13.4. The summed E-state index contributed by atoms with van der Waals surface area (Å²) in [5.41, 5.74) is 3.27. The molecule has 9 nitrogen and oxygen atoms in total. The lowest BCUT2D eigenvalue weighted by molar-refractivity contribution is -0.137. The van der Waals surface area contributed by atoms with Gasteiger partial charge in [0.1, 0.15) is 6.04 Å². The number of fused-ring (bicyclic) bond motifs is 1. The third-order valence-corrected chi connectivity index (χ3v) is 8.74. The number of amides is 2. The molecule has 6 rings (SSSR count). The summed E-state index contributed by atoms with van der Waals surface area (Å²) in [6.45, 7) is 2.52. The minimum atomic E-state index is -0.621. The number of ether oxygens (including phenoxy) is 1. The van der Waals surface area contributed by atoms with Gasteiger partial charge in [-0.3, -0.25) is 19.1 Å². The summed E-state index contributed by atoms with van der Waals surface area (Å²) >= 11 is 0. The van der Waals surface area contributed by atoms with Gasteiger partial charge in [0.15, 0.2) is 0 Å². The smallest absolute Gasteiger partial charge is 0.330 e. The van der Waals surface area contributed by atoms with Gasteiger partial charge in [0, 0.05) is 23.9 Å². The molecule has 1 saturated heterocycles. The first-order valence-corrected chi connectivity index (χ1v) is 15.8. The van der Waals surface area contributed by atoms with E-state index in [1.807, 2.05) is 36.4 Å². The summed E-state index contributed by atoms with van der Waals surface area (Å²) in [6, 6.07) is 21.7. The van der Waals surface area contributed by atoms with Crippen LogP contribution in [0.1, 0.15) is 73.8 Å². The first-order valence-electron chi connectivity index (χ1n) is 15.8. The fourth-order valence-electron chi connectivity index (χ4n) is 6.56. The van der Waals surface area contributed by atoms with Crippen molar-refractivity contribution in [3.05, 3.63) is 100 Å². The number of carbonyl (C=O) groups is 3. The Labute approximate surface area is 262 Å². The van der Waals surface area contributed by atoms with E-state index in [0.29, 0.717) is 42.6 Å². The summed E-state index contributed by atoms with van der Waals surface area (Å²) in [5, 5.41) is 3.44. The number of likely N-dealkylation sites (tertiary alicyclic amines) is 1. The number of benzene rings is 3. The molecule has 2 fully saturated rings. The number of carbonyl (C=O) groups excluding carboxylic acids is 3. The molecule has 1 N–H and O–H groups in total. The van der Waals surface area contributed by atoms with Crippen molar-refractivity contribution in [2.45, 2.75) is 64.0 Å². The number of hydrogen-bond acceptors (Lipinski definition) is 5. The second-order valence-corrected chi connectivity index (χ2v) is 11.7. The Morgan fingerprint density at radius 2 is 1.67 bits per heavy atom. The molecule has 1 saturated carbocycles. The fraction of sp³-hybridized carbons (Fsp3) is 0.333. The molecule has 45 heavy (non-hydrogen) atoms. The van der Waals surface area contributed by atoms with Crippen molar-refractivity contribution < 1.29 is 19.1 Å². The number of para-hydroxylation sites is 1. The van der Waals surface area contributed by atoms with E-state index >= 15 is 0 Å². The molecule has 0 radical (unpaired) electrons. The minimum absolute atomic E-state index is 0.146. The molecule has 1 aliphatic carbocycles. The summed E-state index contributed by atoms with van der Waals surface area (Å²) in [7, 11) is 0. The molecular weight excluding hydrogens is 568 g/mol. The largest absolute Gasteiger partial charge is 0.463 e. The Balaban J connectivity index is 1.23. The summed E-state index contributed by atoms with van der Waals surface area (Å²) in [4.78, 5) is 54.3. The van der Waals surface area contributed by atoms with Crippen molar-refractivity contribution in [3.8, 4) is 5.69 Å². The molecule has 9 heteroatoms. The van der Waals surface area contributed by atoms with Gasteiger partial charge in [-0.05, 0) is 86.7 Å². The molecule has 2 aliphatic rings. The molecule has 1 aromatic heterocycles. The van der Waals surface area contributed by atoms with Crippen LogP contribution in [0.15, 0.2) is 83.7 Å². The van der Waals surface area contributed by atoms with E-state index in [9.17, 15) is 19.2 Å². The second-order valence-electron chi connectivity index (χ2n) is 11.7. The van der Waals surface area contributed by atoms with Crippen molar-refractivity contribution in [1.29, 1.82) is 0 Å². The molecule has 232 valence electrons. The van der Waals surface area contributed by atoms with Gasteiger partial charge in [0.05, 0.1) is 29.2 Å². The van der Waals surface area contributed by atoms with Crippen LogP contribution >= 0.6 is 0 Å². The highest BCUT2D eigenvalue weighted by molar-refractivity contribution is 6.03. The lowest BCUT2D eigenvalue weighted by Crippen LogP contribution is -2.43. The lowest BCUT2D eigenvalue weighted by atomic mass is 9.95. The molecule has 0 spiro atoms. The molecule has 1 atom stereocenters. The van der Waals surface area contributed by atoms with E-state index in [2.05, 4.69) is 10.00 Å². The maximum Gasteiger partial charge on any atom is 0.330 e. The normalized spacial score (nSPS) is 17.2. The van der Waals surface area contributed by atoms with Crippen LogP contribution in [0.25, 0.3) is 22.7 Å². The molecule has 4 aromatic rings. The molecular formula is C36H38N4O5. The predicted molar refractivity (Wildman–Crippen MR) is 174 cm³/mol. The zero-order valence-electron chi connectivity index (χ0n) is 25.5. The third kappa shape index (κ3) is 6.34. The Hall–Kier alpha value is -4.92. The average molecular weight is 607 g/mol. The monoisotopic (exact) mass is 606 g/mol. The summed E-state index contributed by atoms with van der Waals surface area (Å²) in [6.07, 6.45) is 9.74. The van der Waals surface area contributed by atoms with Crippen molar-refractivity contribution in [3.63, 3.8) is 0 Å². The van der Waals surface area contributed by atoms with E-state index in [4.69, 9.17) is 4.74 Å². The molecule has 2 heterocycles. The zero-order valence-corrected chi connectivity index (χ0v) is 25.5. The van der Waals surface area contributed by atoms with Crippen molar-refractivity contribution in [1.82, 2.24) is 14.3 Å². The van der Waals surface area contributed by atoms with E-state index in [1.165, 1.54) is 12.5 Å². The summed E-state index contributed by atoms with van der Waals surface area (Å²) < 4.78 is 8.79. The highest BCUT2D eigenvalue weighted by Gasteiger charge is 2.35. The van der Waals surface area contributed by atoms with Gasteiger partial charge in [-0.1, -0.05) is 49.6 Å². The number of anilines is 1. The van der Waals surface area contributed by atoms with Crippen LogP contribution in [0.2, 0.25) is 0 Å². The standard InChI is InChI=1S/C36H38N4O5/c1-2-45-33(41)22-17-25-15-19-27(20-16-25)37-34(42)32-14-9-23-38(32)35(43)26-18-21-31-30(24-26)36(44)40(29-12-7-4-8-13-29)39(31)28-10-5-3-6-11-28/h4,7-8,12-13,15-22,24,28,32H,2-3,5-6,9-11,14,23H2,1H3,(H,37,42)/b22-17+/t32-/m0/s1. The number of nitrogens with zero attached hydrogens (tertiary/aromatic N) is 3. The Morgan fingerprint density at radius 3 is 2.40 bits per heavy atom. The molecule has 1 aliphatic heterocycles. The Bertz CT molecular complexity index is 1780. The molecule has 0 bridgehead atoms. The van der Waals surface area contributed by atoms with Crippen LogP contribution < -0.4 is 10.9 Å². The Morgan fingerprint density at radius 1 is 0.911 bits per heavy atom. The number of esters is 1. The van der Waals surface area contributed by atoms with E-state index in [1.54, 1.807) is 59.0 Å². The van der Waals surface area contributed by atoms with Gasteiger partial charge in [-0.25, -0.2) is 9.48 Å². The summed E-state index contributed by atoms with van der Waals surface area (Å²) in [5.74, 6) is -0.930. The van der Waals surface area contributed by atoms with Crippen molar-refractivity contribution in [2.75, 3.05) is 18.5 Å². The average Bonchev–Trinajstić information content (AvgIpc) is 3.68. The highest BCUT2D eigenvalue weighted by Crippen LogP contribution is 2.32. The first-order chi connectivity index (χ1) is 21.9. The van der Waals surface area contributed by atoms with Gasteiger partial charge < -0.3 is 15.0 Å². The van der Waals surface area contributed by atoms with Gasteiger partial charge in [-0.2, -0.15) is 0 Å². The van der Waals surface area contributed by atoms with Crippen LogP contribution in [-0.2, 0) is 14.3 Å². The lowest BCUT2D eigenvalue weighted by Gasteiger charge is -2.27. The molecule has 2 amide bonds. The maximum absolute atomic E-state index is 13.9. The molecule has 0 unspecified atom stereocenters. The number of nitrogens with one attached hydrogen (secondary N) is 1. The topological polar surface area (TPSA) is 103 Å². The van der Waals surface area contributed by atoms with Crippen LogP contribution in [0.4, 0.5) is 5.69 Å². The minimum Gasteiger partial charge on any atom is -0.463 e. The van der Waals surface area contributed by atoms with Gasteiger partial charge in [0.25, 0.3) is 11.5 Å². The molecule has 3 aromatic carbocycles. The van der Waals surface area contributed by atoms with Gasteiger partial charge >= 0.3 is 5.97 Å². The zero-order chi connectivity index (χ0) is 31.3. The SMILES string of the molecule is CCOC(=O)/C=C/c1ccc(NC(=O)[C@@H]2CCCN2C(=O)c2ccc3c(c2)c(=O)n(-c2ccccc2)n3C2CCCCC2)cc1. The fourth-order valence-corrected chi connectivity index (χ4v) is 6.56.